The van der Waals surface area contributed by atoms with Crippen molar-refractivity contribution in [1.29, 1.82) is 0 Å². The number of urea groups is 1. The molecule has 0 saturated carbocycles. The first-order chi connectivity index (χ1) is 13.6. The van der Waals surface area contributed by atoms with Gasteiger partial charge < -0.3 is 14.5 Å². The summed E-state index contributed by atoms with van der Waals surface area (Å²) in [5.41, 5.74) is 1.67. The van der Waals surface area contributed by atoms with Crippen LogP contribution in [0.2, 0.25) is 0 Å². The zero-order chi connectivity index (χ0) is 19.9. The minimum atomic E-state index is -0.609. The van der Waals surface area contributed by atoms with E-state index in [2.05, 4.69) is 26.2 Å². The third-order valence-electron chi connectivity index (χ3n) is 3.59. The van der Waals surface area contributed by atoms with Gasteiger partial charge in [0.05, 0.1) is 25.7 Å². The standard InChI is InChI=1S/C17H18N6O4S/c1-11-5-6-14(26-2)13(8-11)23-17(20-21-22-23)28-10-15(24)19-16(25)18-9-12-4-3-7-27-12/h3-8H,9-10H2,1-2H3,(H2,18,19,24,25). The van der Waals surface area contributed by atoms with Crippen molar-refractivity contribution in [3.8, 4) is 11.4 Å². The maximum absolute atomic E-state index is 12.0. The van der Waals surface area contributed by atoms with Crippen molar-refractivity contribution >= 4 is 23.7 Å². The van der Waals surface area contributed by atoms with Gasteiger partial charge in [0.15, 0.2) is 0 Å². The largest absolute Gasteiger partial charge is 0.494 e. The Kier molecular flexibility index (Phi) is 6.27. The molecule has 0 saturated heterocycles. The third-order valence-corrected chi connectivity index (χ3v) is 4.51. The zero-order valence-electron chi connectivity index (χ0n) is 15.2. The van der Waals surface area contributed by atoms with E-state index in [-0.39, 0.29) is 12.3 Å². The zero-order valence-corrected chi connectivity index (χ0v) is 16.0. The topological polar surface area (TPSA) is 124 Å². The number of methoxy groups -OCH3 is 1. The van der Waals surface area contributed by atoms with Gasteiger partial charge in [-0.15, -0.1) is 5.10 Å². The number of furan rings is 1. The normalized spacial score (nSPS) is 10.5. The molecule has 0 atom stereocenters. The van der Waals surface area contributed by atoms with E-state index in [0.717, 1.165) is 17.3 Å². The number of hydrogen-bond acceptors (Lipinski definition) is 8. The van der Waals surface area contributed by atoms with Gasteiger partial charge >= 0.3 is 6.03 Å². The lowest BCUT2D eigenvalue weighted by atomic mass is 10.2. The second-order valence-electron chi connectivity index (χ2n) is 5.65. The Balaban J connectivity index is 1.57. The number of tetrazole rings is 1. The highest BCUT2D eigenvalue weighted by Gasteiger charge is 2.16. The number of imide groups is 1. The Morgan fingerprint density at radius 1 is 1.32 bits per heavy atom. The second-order valence-corrected chi connectivity index (χ2v) is 6.59. The first-order valence-electron chi connectivity index (χ1n) is 8.23. The number of nitrogens with one attached hydrogen (secondary N) is 2. The Labute approximate surface area is 164 Å². The van der Waals surface area contributed by atoms with Gasteiger partial charge in [-0.25, -0.2) is 4.79 Å². The maximum atomic E-state index is 12.0. The van der Waals surface area contributed by atoms with Gasteiger partial charge in [-0.05, 0) is 47.2 Å². The first-order valence-corrected chi connectivity index (χ1v) is 9.21. The molecule has 0 radical (unpaired) electrons. The molecule has 146 valence electrons. The maximum Gasteiger partial charge on any atom is 0.321 e. The number of aromatic nitrogens is 4. The number of aryl methyl sites for hydroxylation is 1. The number of carbonyl (C=O) groups excluding carboxylic acids is 2. The quantitative estimate of drug-likeness (QED) is 0.572. The molecule has 1 aromatic carbocycles. The molecule has 2 aromatic heterocycles. The summed E-state index contributed by atoms with van der Waals surface area (Å²) in [4.78, 5) is 23.8. The molecule has 0 aliphatic rings. The highest BCUT2D eigenvalue weighted by Crippen LogP contribution is 2.26. The van der Waals surface area contributed by atoms with E-state index in [4.69, 9.17) is 9.15 Å². The van der Waals surface area contributed by atoms with Gasteiger partial charge in [0.2, 0.25) is 11.1 Å². The van der Waals surface area contributed by atoms with Crippen molar-refractivity contribution in [3.05, 3.63) is 47.9 Å². The summed E-state index contributed by atoms with van der Waals surface area (Å²) in [5.74, 6) is 0.667. The van der Waals surface area contributed by atoms with E-state index in [1.54, 1.807) is 19.2 Å². The monoisotopic (exact) mass is 402 g/mol. The molecule has 0 aliphatic carbocycles. The van der Waals surface area contributed by atoms with Gasteiger partial charge in [-0.2, -0.15) is 4.68 Å². The fourth-order valence-electron chi connectivity index (χ4n) is 2.30. The number of hydrogen-bond donors (Lipinski definition) is 2. The molecule has 0 aliphatic heterocycles. The lowest BCUT2D eigenvalue weighted by Crippen LogP contribution is -2.39. The average Bonchev–Trinajstić information content (AvgIpc) is 3.36. The van der Waals surface area contributed by atoms with Gasteiger partial charge in [0.25, 0.3) is 0 Å². The average molecular weight is 402 g/mol. The van der Waals surface area contributed by atoms with Crippen LogP contribution in [0.5, 0.6) is 5.75 Å². The summed E-state index contributed by atoms with van der Waals surface area (Å²) in [5, 5.41) is 16.7. The number of carbonyl (C=O) groups is 2. The van der Waals surface area contributed by atoms with E-state index in [0.29, 0.717) is 22.4 Å². The molecular formula is C17H18N6O4S. The van der Waals surface area contributed by atoms with Crippen LogP contribution in [-0.2, 0) is 11.3 Å². The van der Waals surface area contributed by atoms with E-state index >= 15 is 0 Å². The van der Waals surface area contributed by atoms with Gasteiger partial charge in [0, 0.05) is 0 Å². The molecule has 0 spiro atoms. The van der Waals surface area contributed by atoms with Crippen molar-refractivity contribution in [2.45, 2.75) is 18.6 Å². The van der Waals surface area contributed by atoms with E-state index in [1.807, 2.05) is 25.1 Å². The molecular weight excluding hydrogens is 384 g/mol. The first kappa shape index (κ1) is 19.4. The smallest absolute Gasteiger partial charge is 0.321 e. The van der Waals surface area contributed by atoms with Gasteiger partial charge in [0.1, 0.15) is 17.2 Å². The summed E-state index contributed by atoms with van der Waals surface area (Å²) in [6.07, 6.45) is 1.50. The molecule has 2 heterocycles. The van der Waals surface area contributed by atoms with Gasteiger partial charge in [-0.1, -0.05) is 17.8 Å². The highest BCUT2D eigenvalue weighted by molar-refractivity contribution is 7.99. The predicted molar refractivity (Wildman–Crippen MR) is 100 cm³/mol. The lowest BCUT2D eigenvalue weighted by Gasteiger charge is -2.10. The summed E-state index contributed by atoms with van der Waals surface area (Å²) < 4.78 is 11.9. The fourth-order valence-corrected chi connectivity index (χ4v) is 2.99. The van der Waals surface area contributed by atoms with Crippen LogP contribution in [0.3, 0.4) is 0 Å². The van der Waals surface area contributed by atoms with Crippen molar-refractivity contribution in [1.82, 2.24) is 30.8 Å². The number of benzene rings is 1. The molecule has 0 fully saturated rings. The number of rotatable bonds is 7. The van der Waals surface area contributed by atoms with Crippen molar-refractivity contribution < 1.29 is 18.7 Å². The highest BCUT2D eigenvalue weighted by atomic mass is 32.2. The molecule has 3 rings (SSSR count). The molecule has 0 bridgehead atoms. The Morgan fingerprint density at radius 2 is 2.18 bits per heavy atom. The molecule has 28 heavy (non-hydrogen) atoms. The summed E-state index contributed by atoms with van der Waals surface area (Å²) in [6.45, 7) is 2.12. The van der Waals surface area contributed by atoms with Crippen LogP contribution in [0.1, 0.15) is 11.3 Å². The van der Waals surface area contributed by atoms with Crippen molar-refractivity contribution in [2.75, 3.05) is 12.9 Å². The molecule has 11 heteroatoms. The summed E-state index contributed by atoms with van der Waals surface area (Å²) in [7, 11) is 1.56. The van der Waals surface area contributed by atoms with E-state index in [1.165, 1.54) is 10.9 Å². The molecule has 0 unspecified atom stereocenters. The van der Waals surface area contributed by atoms with Crippen molar-refractivity contribution in [3.63, 3.8) is 0 Å². The molecule has 3 amide bonds. The van der Waals surface area contributed by atoms with Crippen LogP contribution in [0.25, 0.3) is 5.69 Å². The van der Waals surface area contributed by atoms with Crippen molar-refractivity contribution in [2.24, 2.45) is 0 Å². The molecule has 2 N–H and O–H groups in total. The van der Waals surface area contributed by atoms with Crippen LogP contribution in [0.15, 0.2) is 46.2 Å². The van der Waals surface area contributed by atoms with E-state index < -0.39 is 11.9 Å². The molecule has 3 aromatic rings. The van der Waals surface area contributed by atoms with Crippen LogP contribution < -0.4 is 15.4 Å². The Morgan fingerprint density at radius 3 is 2.93 bits per heavy atom. The van der Waals surface area contributed by atoms with Gasteiger partial charge in [-0.3, -0.25) is 10.1 Å². The fraction of sp³-hybridized carbons (Fsp3) is 0.235. The Hall–Kier alpha value is -3.34. The number of thioether (sulfide) groups is 1. The predicted octanol–water partition coefficient (Wildman–Crippen LogP) is 1.69. The minimum absolute atomic E-state index is 0.0390. The summed E-state index contributed by atoms with van der Waals surface area (Å²) in [6, 6.07) is 8.43. The Bertz CT molecular complexity index is 956. The third kappa shape index (κ3) is 4.88. The second kappa shape index (κ2) is 9.04. The molecule has 10 nitrogen and oxygen atoms in total. The SMILES string of the molecule is COc1ccc(C)cc1-n1nnnc1SCC(=O)NC(=O)NCc1ccco1. The van der Waals surface area contributed by atoms with Crippen LogP contribution >= 0.6 is 11.8 Å². The van der Waals surface area contributed by atoms with Crippen LogP contribution in [-0.4, -0.2) is 45.0 Å². The number of ether oxygens (including phenoxy) is 1. The van der Waals surface area contributed by atoms with E-state index in [9.17, 15) is 9.59 Å². The number of amides is 3. The van der Waals surface area contributed by atoms with Crippen LogP contribution in [0.4, 0.5) is 4.79 Å². The summed E-state index contributed by atoms with van der Waals surface area (Å²) >= 11 is 1.10. The van der Waals surface area contributed by atoms with Crippen LogP contribution in [0, 0.1) is 6.92 Å². The lowest BCUT2D eigenvalue weighted by molar-refractivity contribution is -0.117. The number of nitrogens with zero attached hydrogens (tertiary/aromatic N) is 4. The minimum Gasteiger partial charge on any atom is -0.494 e.